The predicted octanol–water partition coefficient (Wildman–Crippen LogP) is 3.85. The molecule has 0 saturated carbocycles. The molecule has 0 aliphatic rings. The molecule has 18 heavy (non-hydrogen) atoms. The molecular weight excluding hydrogens is 267 g/mol. The number of nitrogens with zero attached hydrogens (tertiary/aromatic N) is 1. The van der Waals surface area contributed by atoms with Crippen LogP contribution in [0.15, 0.2) is 40.2 Å². The van der Waals surface area contributed by atoms with E-state index < -0.39 is 0 Å². The molecule has 0 saturated heterocycles. The lowest BCUT2D eigenvalue weighted by Gasteiger charge is -2.21. The van der Waals surface area contributed by atoms with Crippen molar-refractivity contribution < 1.29 is 4.39 Å². The number of hydrogen-bond acceptors (Lipinski definition) is 4. The maximum absolute atomic E-state index is 13.3. The molecule has 0 aliphatic heterocycles. The first-order chi connectivity index (χ1) is 8.70. The van der Waals surface area contributed by atoms with Crippen molar-refractivity contribution in [2.24, 2.45) is 5.73 Å². The van der Waals surface area contributed by atoms with Crippen molar-refractivity contribution in [1.82, 2.24) is 4.98 Å². The fourth-order valence-corrected chi connectivity index (χ4v) is 3.73. The molecule has 2 N–H and O–H groups in total. The Bertz CT molecular complexity index is 487. The Morgan fingerprint density at radius 3 is 2.94 bits per heavy atom. The summed E-state index contributed by atoms with van der Waals surface area (Å²) in [5, 5.41) is 1.97. The highest BCUT2D eigenvalue weighted by Gasteiger charge is 2.21. The normalized spacial score (nSPS) is 14.4. The monoisotopic (exact) mass is 282 g/mol. The van der Waals surface area contributed by atoms with Crippen molar-refractivity contribution in [3.63, 3.8) is 0 Å². The molecule has 0 fully saturated rings. The summed E-state index contributed by atoms with van der Waals surface area (Å²) in [7, 11) is 0. The Morgan fingerprint density at radius 2 is 2.33 bits per heavy atom. The summed E-state index contributed by atoms with van der Waals surface area (Å²) in [5.41, 5.74) is 7.07. The number of hydrogen-bond donors (Lipinski definition) is 1. The third-order valence-electron chi connectivity index (χ3n) is 2.67. The first-order valence-electron chi connectivity index (χ1n) is 5.78. The van der Waals surface area contributed by atoms with Gasteiger partial charge in [0.05, 0.1) is 5.25 Å². The van der Waals surface area contributed by atoms with Crippen molar-refractivity contribution in [3.8, 4) is 0 Å². The summed E-state index contributed by atoms with van der Waals surface area (Å²) in [6.07, 6.45) is 2.62. The third kappa shape index (κ3) is 3.31. The van der Waals surface area contributed by atoms with Crippen molar-refractivity contribution in [2.45, 2.75) is 29.0 Å². The highest BCUT2D eigenvalue weighted by molar-refractivity contribution is 8.01. The van der Waals surface area contributed by atoms with E-state index in [0.29, 0.717) is 0 Å². The molecule has 2 rings (SSSR count). The van der Waals surface area contributed by atoms with Gasteiger partial charge in [0.2, 0.25) is 0 Å². The number of thioether (sulfide) groups is 1. The Hall–Kier alpha value is -0.910. The Labute approximate surface area is 114 Å². The molecule has 2 nitrogen and oxygen atoms in total. The Balaban J connectivity index is 2.25. The molecule has 1 aromatic heterocycles. The number of aromatic nitrogens is 1. The van der Waals surface area contributed by atoms with Crippen LogP contribution in [0.25, 0.3) is 0 Å². The maximum atomic E-state index is 13.3. The highest BCUT2D eigenvalue weighted by Crippen LogP contribution is 2.38. The number of thiazole rings is 1. The first kappa shape index (κ1) is 13.5. The zero-order chi connectivity index (χ0) is 13.0. The average molecular weight is 282 g/mol. The second-order valence-electron chi connectivity index (χ2n) is 3.96. The van der Waals surface area contributed by atoms with E-state index in [2.05, 4.69) is 4.98 Å². The molecule has 96 valence electrons. The molecule has 1 aromatic carbocycles. The third-order valence-corrected chi connectivity index (χ3v) is 5.00. The second kappa shape index (κ2) is 6.31. The summed E-state index contributed by atoms with van der Waals surface area (Å²) in [4.78, 5) is 4.25. The molecule has 2 atom stereocenters. The molecule has 0 amide bonds. The van der Waals surface area contributed by atoms with Gasteiger partial charge in [0.1, 0.15) is 10.2 Å². The van der Waals surface area contributed by atoms with Gasteiger partial charge in [0.25, 0.3) is 0 Å². The molecule has 2 aromatic rings. The highest BCUT2D eigenvalue weighted by atomic mass is 32.2. The molecular formula is C13H15FN2S2. The molecule has 2 unspecified atom stereocenters. The van der Waals surface area contributed by atoms with Crippen LogP contribution >= 0.6 is 23.1 Å². The number of nitrogens with two attached hydrogens (primary N) is 1. The van der Waals surface area contributed by atoms with Crippen LogP contribution < -0.4 is 5.73 Å². The predicted molar refractivity (Wildman–Crippen MR) is 75.4 cm³/mol. The van der Waals surface area contributed by atoms with Crippen LogP contribution in [0.1, 0.15) is 24.2 Å². The van der Waals surface area contributed by atoms with Gasteiger partial charge in [-0.25, -0.2) is 9.37 Å². The molecule has 1 heterocycles. The van der Waals surface area contributed by atoms with Crippen molar-refractivity contribution in [1.29, 1.82) is 0 Å². The van der Waals surface area contributed by atoms with E-state index in [1.165, 1.54) is 6.07 Å². The standard InChI is InChI=1S/C13H15FN2S2/c1-2-11(15)12(18-13-16-6-7-17-13)9-4-3-5-10(14)8-9/h3-8,11-12H,2,15H2,1H3. The quantitative estimate of drug-likeness (QED) is 0.847. The summed E-state index contributed by atoms with van der Waals surface area (Å²) < 4.78 is 14.3. The lowest BCUT2D eigenvalue weighted by atomic mass is 10.0. The topological polar surface area (TPSA) is 38.9 Å². The van der Waals surface area contributed by atoms with E-state index in [4.69, 9.17) is 5.73 Å². The zero-order valence-corrected chi connectivity index (χ0v) is 11.7. The van der Waals surface area contributed by atoms with Gasteiger partial charge in [0, 0.05) is 17.6 Å². The fourth-order valence-electron chi connectivity index (χ4n) is 1.68. The summed E-state index contributed by atoms with van der Waals surface area (Å²) in [6, 6.07) is 6.64. The van der Waals surface area contributed by atoms with E-state index in [1.54, 1.807) is 41.4 Å². The molecule has 0 bridgehead atoms. The van der Waals surface area contributed by atoms with E-state index in [9.17, 15) is 4.39 Å². The van der Waals surface area contributed by atoms with Gasteiger partial charge in [-0.15, -0.1) is 11.3 Å². The van der Waals surface area contributed by atoms with Gasteiger partial charge >= 0.3 is 0 Å². The summed E-state index contributed by atoms with van der Waals surface area (Å²) in [6.45, 7) is 2.04. The van der Waals surface area contributed by atoms with Gasteiger partial charge in [0.15, 0.2) is 0 Å². The van der Waals surface area contributed by atoms with E-state index >= 15 is 0 Å². The Morgan fingerprint density at radius 1 is 1.50 bits per heavy atom. The van der Waals surface area contributed by atoms with Gasteiger partial charge in [-0.2, -0.15) is 0 Å². The van der Waals surface area contributed by atoms with Crippen LogP contribution in [0.3, 0.4) is 0 Å². The van der Waals surface area contributed by atoms with Gasteiger partial charge in [-0.1, -0.05) is 30.8 Å². The number of halogens is 1. The Kier molecular flexibility index (Phi) is 4.74. The minimum absolute atomic E-state index is 0.0132. The fraction of sp³-hybridized carbons (Fsp3) is 0.308. The summed E-state index contributed by atoms with van der Waals surface area (Å²) in [5.74, 6) is -0.222. The van der Waals surface area contributed by atoms with E-state index in [-0.39, 0.29) is 17.1 Å². The smallest absolute Gasteiger partial charge is 0.150 e. The van der Waals surface area contributed by atoms with Crippen LogP contribution in [0.2, 0.25) is 0 Å². The minimum Gasteiger partial charge on any atom is -0.326 e. The second-order valence-corrected chi connectivity index (χ2v) is 6.25. The average Bonchev–Trinajstić information content (AvgIpc) is 2.88. The SMILES string of the molecule is CCC(N)C(Sc1nccs1)c1cccc(F)c1. The number of benzene rings is 1. The lowest BCUT2D eigenvalue weighted by Crippen LogP contribution is -2.25. The molecule has 0 radical (unpaired) electrons. The minimum atomic E-state index is -0.222. The molecule has 0 aliphatic carbocycles. The maximum Gasteiger partial charge on any atom is 0.150 e. The van der Waals surface area contributed by atoms with Crippen molar-refractivity contribution >= 4 is 23.1 Å². The van der Waals surface area contributed by atoms with Crippen LogP contribution in [-0.4, -0.2) is 11.0 Å². The van der Waals surface area contributed by atoms with Crippen molar-refractivity contribution in [3.05, 3.63) is 47.2 Å². The van der Waals surface area contributed by atoms with Crippen LogP contribution in [-0.2, 0) is 0 Å². The van der Waals surface area contributed by atoms with E-state index in [0.717, 1.165) is 16.3 Å². The largest absolute Gasteiger partial charge is 0.326 e. The van der Waals surface area contributed by atoms with Crippen LogP contribution in [0.4, 0.5) is 4.39 Å². The van der Waals surface area contributed by atoms with Gasteiger partial charge < -0.3 is 5.73 Å². The first-order valence-corrected chi connectivity index (χ1v) is 7.54. The van der Waals surface area contributed by atoms with Gasteiger partial charge in [-0.3, -0.25) is 0 Å². The lowest BCUT2D eigenvalue weighted by molar-refractivity contribution is 0.610. The van der Waals surface area contributed by atoms with Crippen LogP contribution in [0, 0.1) is 5.82 Å². The van der Waals surface area contributed by atoms with Crippen molar-refractivity contribution in [2.75, 3.05) is 0 Å². The van der Waals surface area contributed by atoms with Crippen LogP contribution in [0.5, 0.6) is 0 Å². The molecule has 5 heteroatoms. The zero-order valence-electron chi connectivity index (χ0n) is 10.0. The summed E-state index contributed by atoms with van der Waals surface area (Å²) >= 11 is 3.19. The number of rotatable bonds is 5. The van der Waals surface area contributed by atoms with Gasteiger partial charge in [-0.05, 0) is 24.1 Å². The van der Waals surface area contributed by atoms with E-state index in [1.807, 2.05) is 18.4 Å². The molecule has 0 spiro atoms.